The molecule has 2 rings (SSSR count). The van der Waals surface area contributed by atoms with Crippen LogP contribution >= 0.6 is 0 Å². The van der Waals surface area contributed by atoms with Crippen molar-refractivity contribution in [3.8, 4) is 0 Å². The van der Waals surface area contributed by atoms with Crippen molar-refractivity contribution in [1.82, 2.24) is 4.90 Å². The van der Waals surface area contributed by atoms with E-state index in [0.717, 1.165) is 25.7 Å². The number of hydrogen-bond acceptors (Lipinski definition) is 2. The number of benzene rings is 1. The number of piperidine rings is 1. The summed E-state index contributed by atoms with van der Waals surface area (Å²) in [5, 5.41) is 9.43. The standard InChI is InChI=1S/C17H23NO3/c1-17(16(20)21)12-5-6-13-18(17)15(19)11-7-10-14-8-3-2-4-9-14/h2-4,8-9H,5-7,10-13H2,1H3,(H,20,21). The second-order valence-electron chi connectivity index (χ2n) is 5.92. The third-order valence-electron chi connectivity index (χ3n) is 4.35. The van der Waals surface area contributed by atoms with Crippen molar-refractivity contribution in [2.24, 2.45) is 0 Å². The molecular weight excluding hydrogens is 266 g/mol. The molecule has 1 saturated heterocycles. The van der Waals surface area contributed by atoms with E-state index in [1.165, 1.54) is 5.56 Å². The van der Waals surface area contributed by atoms with E-state index in [2.05, 4.69) is 0 Å². The normalized spacial score (nSPS) is 22.0. The molecule has 0 spiro atoms. The Hall–Kier alpha value is -1.84. The molecule has 1 unspecified atom stereocenters. The van der Waals surface area contributed by atoms with Crippen LogP contribution in [0.3, 0.4) is 0 Å². The Morgan fingerprint density at radius 3 is 2.62 bits per heavy atom. The molecule has 1 atom stereocenters. The summed E-state index contributed by atoms with van der Waals surface area (Å²) in [6, 6.07) is 10.0. The molecule has 0 radical (unpaired) electrons. The SMILES string of the molecule is CC1(C(=O)O)CCCCN1C(=O)CCCc1ccccc1. The van der Waals surface area contributed by atoms with Crippen LogP contribution < -0.4 is 0 Å². The van der Waals surface area contributed by atoms with Crippen LogP contribution in [0.2, 0.25) is 0 Å². The molecule has 0 saturated carbocycles. The van der Waals surface area contributed by atoms with Crippen LogP contribution in [0.5, 0.6) is 0 Å². The third kappa shape index (κ3) is 3.63. The quantitative estimate of drug-likeness (QED) is 0.906. The van der Waals surface area contributed by atoms with E-state index in [1.807, 2.05) is 30.3 Å². The zero-order chi connectivity index (χ0) is 15.3. The maximum atomic E-state index is 12.4. The molecule has 4 heteroatoms. The van der Waals surface area contributed by atoms with Gasteiger partial charge in [-0.15, -0.1) is 0 Å². The van der Waals surface area contributed by atoms with E-state index in [1.54, 1.807) is 11.8 Å². The number of amides is 1. The first-order valence-electron chi connectivity index (χ1n) is 7.62. The lowest BCUT2D eigenvalue weighted by molar-refractivity contribution is -0.161. The van der Waals surface area contributed by atoms with Crippen molar-refractivity contribution >= 4 is 11.9 Å². The highest BCUT2D eigenvalue weighted by Gasteiger charge is 2.43. The average Bonchev–Trinajstić information content (AvgIpc) is 2.48. The molecule has 0 aliphatic carbocycles. The van der Waals surface area contributed by atoms with Crippen LogP contribution in [-0.2, 0) is 16.0 Å². The fraction of sp³-hybridized carbons (Fsp3) is 0.529. The van der Waals surface area contributed by atoms with Gasteiger partial charge < -0.3 is 10.0 Å². The number of likely N-dealkylation sites (tertiary alicyclic amines) is 1. The molecule has 1 aliphatic rings. The van der Waals surface area contributed by atoms with Gasteiger partial charge in [-0.1, -0.05) is 30.3 Å². The third-order valence-corrected chi connectivity index (χ3v) is 4.35. The molecule has 1 aromatic carbocycles. The first kappa shape index (κ1) is 15.5. The number of hydrogen-bond donors (Lipinski definition) is 1. The Morgan fingerprint density at radius 2 is 1.95 bits per heavy atom. The molecule has 0 aromatic heterocycles. The van der Waals surface area contributed by atoms with Gasteiger partial charge in [0.15, 0.2) is 0 Å². The number of aliphatic carboxylic acids is 1. The smallest absolute Gasteiger partial charge is 0.329 e. The lowest BCUT2D eigenvalue weighted by Crippen LogP contribution is -2.57. The van der Waals surface area contributed by atoms with Crippen LogP contribution in [0.1, 0.15) is 44.6 Å². The van der Waals surface area contributed by atoms with E-state index in [4.69, 9.17) is 0 Å². The van der Waals surface area contributed by atoms with Crippen LogP contribution in [0.4, 0.5) is 0 Å². The number of rotatable bonds is 5. The minimum atomic E-state index is -1.03. The Bertz CT molecular complexity index is 500. The first-order valence-corrected chi connectivity index (χ1v) is 7.62. The van der Waals surface area contributed by atoms with Crippen LogP contribution in [0, 0.1) is 0 Å². The fourth-order valence-electron chi connectivity index (χ4n) is 2.97. The monoisotopic (exact) mass is 289 g/mol. The van der Waals surface area contributed by atoms with Gasteiger partial charge in [-0.3, -0.25) is 4.79 Å². The summed E-state index contributed by atoms with van der Waals surface area (Å²) in [7, 11) is 0. The molecule has 1 fully saturated rings. The Balaban J connectivity index is 1.91. The highest BCUT2D eigenvalue weighted by molar-refractivity contribution is 5.87. The molecule has 4 nitrogen and oxygen atoms in total. The number of carboxylic acids is 1. The largest absolute Gasteiger partial charge is 0.480 e. The van der Waals surface area contributed by atoms with Crippen LogP contribution in [-0.4, -0.2) is 34.0 Å². The van der Waals surface area contributed by atoms with Gasteiger partial charge in [-0.25, -0.2) is 4.79 Å². The van der Waals surface area contributed by atoms with Gasteiger partial charge in [0.25, 0.3) is 0 Å². The van der Waals surface area contributed by atoms with Gasteiger partial charge >= 0.3 is 5.97 Å². The maximum absolute atomic E-state index is 12.4. The molecule has 0 bridgehead atoms. The van der Waals surface area contributed by atoms with Crippen molar-refractivity contribution in [2.45, 2.75) is 51.0 Å². The van der Waals surface area contributed by atoms with Crippen molar-refractivity contribution < 1.29 is 14.7 Å². The summed E-state index contributed by atoms with van der Waals surface area (Å²) in [6.07, 6.45) is 4.34. The first-order chi connectivity index (χ1) is 10.0. The number of carbonyl (C=O) groups excluding carboxylic acids is 1. The average molecular weight is 289 g/mol. The Kier molecular flexibility index (Phi) is 4.99. The zero-order valence-electron chi connectivity index (χ0n) is 12.5. The minimum Gasteiger partial charge on any atom is -0.480 e. The number of aryl methyl sites for hydroxylation is 1. The summed E-state index contributed by atoms with van der Waals surface area (Å²) >= 11 is 0. The summed E-state index contributed by atoms with van der Waals surface area (Å²) in [6.45, 7) is 2.23. The molecule has 1 aromatic rings. The predicted octanol–water partition coefficient (Wildman–Crippen LogP) is 2.87. The lowest BCUT2D eigenvalue weighted by Gasteiger charge is -2.41. The van der Waals surface area contributed by atoms with Crippen molar-refractivity contribution in [1.29, 1.82) is 0 Å². The van der Waals surface area contributed by atoms with Crippen molar-refractivity contribution in [3.63, 3.8) is 0 Å². The van der Waals surface area contributed by atoms with Gasteiger partial charge in [0.2, 0.25) is 5.91 Å². The zero-order valence-corrected chi connectivity index (χ0v) is 12.5. The van der Waals surface area contributed by atoms with Gasteiger partial charge in [-0.05, 0) is 44.6 Å². The molecule has 1 aliphatic heterocycles. The topological polar surface area (TPSA) is 57.6 Å². The summed E-state index contributed by atoms with van der Waals surface area (Å²) in [4.78, 5) is 25.4. The summed E-state index contributed by atoms with van der Waals surface area (Å²) in [5.74, 6) is -0.922. The number of carbonyl (C=O) groups is 2. The number of nitrogens with zero attached hydrogens (tertiary/aromatic N) is 1. The second-order valence-corrected chi connectivity index (χ2v) is 5.92. The van der Waals surface area contributed by atoms with Crippen molar-refractivity contribution in [2.75, 3.05) is 6.54 Å². The highest BCUT2D eigenvalue weighted by Crippen LogP contribution is 2.29. The molecule has 1 heterocycles. The van der Waals surface area contributed by atoms with E-state index < -0.39 is 11.5 Å². The van der Waals surface area contributed by atoms with E-state index in [-0.39, 0.29) is 5.91 Å². The maximum Gasteiger partial charge on any atom is 0.329 e. The number of carboxylic acid groups (broad SMARTS) is 1. The van der Waals surface area contributed by atoms with Gasteiger partial charge in [0.1, 0.15) is 5.54 Å². The fourth-order valence-corrected chi connectivity index (χ4v) is 2.97. The van der Waals surface area contributed by atoms with Gasteiger partial charge in [0, 0.05) is 13.0 Å². The highest BCUT2D eigenvalue weighted by atomic mass is 16.4. The molecule has 1 amide bonds. The van der Waals surface area contributed by atoms with E-state index in [0.29, 0.717) is 19.4 Å². The minimum absolute atomic E-state index is 0.0319. The van der Waals surface area contributed by atoms with Gasteiger partial charge in [0.05, 0.1) is 0 Å². The predicted molar refractivity (Wildman–Crippen MR) is 81.0 cm³/mol. The van der Waals surface area contributed by atoms with Crippen LogP contribution in [0.25, 0.3) is 0 Å². The summed E-state index contributed by atoms with van der Waals surface area (Å²) < 4.78 is 0. The lowest BCUT2D eigenvalue weighted by atomic mass is 9.88. The van der Waals surface area contributed by atoms with E-state index >= 15 is 0 Å². The molecular formula is C17H23NO3. The van der Waals surface area contributed by atoms with Gasteiger partial charge in [-0.2, -0.15) is 0 Å². The molecule has 21 heavy (non-hydrogen) atoms. The van der Waals surface area contributed by atoms with E-state index in [9.17, 15) is 14.7 Å². The Morgan fingerprint density at radius 1 is 1.24 bits per heavy atom. The second kappa shape index (κ2) is 6.74. The summed E-state index contributed by atoms with van der Waals surface area (Å²) in [5.41, 5.74) is 0.187. The van der Waals surface area contributed by atoms with Crippen molar-refractivity contribution in [3.05, 3.63) is 35.9 Å². The molecule has 114 valence electrons. The Labute approximate surface area is 125 Å². The van der Waals surface area contributed by atoms with Crippen LogP contribution in [0.15, 0.2) is 30.3 Å². The molecule has 1 N–H and O–H groups in total.